The highest BCUT2D eigenvalue weighted by molar-refractivity contribution is 6.20. The molecule has 0 N–H and O–H groups in total. The van der Waals surface area contributed by atoms with Crippen LogP contribution >= 0.6 is 0 Å². The maximum absolute atomic E-state index is 2.46. The van der Waals surface area contributed by atoms with Gasteiger partial charge >= 0.3 is 0 Å². The zero-order valence-corrected chi connectivity index (χ0v) is 18.6. The fraction of sp³-hybridized carbons (Fsp3) is 0.0909. The highest BCUT2D eigenvalue weighted by atomic mass is 14.4. The lowest BCUT2D eigenvalue weighted by Crippen LogP contribution is -2.12. The van der Waals surface area contributed by atoms with E-state index in [1.165, 1.54) is 60.9 Å². The molecule has 0 spiro atoms. The first-order valence-electron chi connectivity index (χ1n) is 11.8. The van der Waals surface area contributed by atoms with Crippen LogP contribution in [0.5, 0.6) is 0 Å². The number of fused-ring (bicyclic) bond motifs is 6. The fourth-order valence-corrected chi connectivity index (χ4v) is 6.00. The molecule has 4 aromatic rings. The third kappa shape index (κ3) is 2.64. The average Bonchev–Trinajstić information content (AvgIpc) is 3.40. The Morgan fingerprint density at radius 1 is 0.576 bits per heavy atom. The molecule has 2 atom stereocenters. The molecule has 156 valence electrons. The van der Waals surface area contributed by atoms with Gasteiger partial charge < -0.3 is 0 Å². The number of allylic oxidation sites excluding steroid dienone is 6. The Morgan fingerprint density at radius 2 is 1.21 bits per heavy atom. The van der Waals surface area contributed by atoms with Gasteiger partial charge in [-0.3, -0.25) is 0 Å². The second kappa shape index (κ2) is 7.05. The maximum Gasteiger partial charge on any atom is 0.00879 e. The monoisotopic (exact) mass is 420 g/mol. The third-order valence-corrected chi connectivity index (χ3v) is 7.51. The van der Waals surface area contributed by atoms with Crippen LogP contribution in [0.2, 0.25) is 0 Å². The molecule has 3 aliphatic carbocycles. The van der Waals surface area contributed by atoms with E-state index < -0.39 is 0 Å². The Hall–Kier alpha value is -3.90. The number of hydrogen-bond donors (Lipinski definition) is 0. The van der Waals surface area contributed by atoms with E-state index in [9.17, 15) is 0 Å². The number of rotatable bonds is 1. The van der Waals surface area contributed by atoms with Gasteiger partial charge in [-0.25, -0.2) is 0 Å². The van der Waals surface area contributed by atoms with E-state index >= 15 is 0 Å². The molecule has 4 aromatic carbocycles. The van der Waals surface area contributed by atoms with E-state index in [0.717, 1.165) is 0 Å². The average molecular weight is 421 g/mol. The minimum absolute atomic E-state index is 0.364. The van der Waals surface area contributed by atoms with Crippen molar-refractivity contribution in [2.75, 3.05) is 0 Å². The van der Waals surface area contributed by atoms with Crippen LogP contribution in [0.1, 0.15) is 29.2 Å². The Bertz CT molecular complexity index is 1520. The summed E-state index contributed by atoms with van der Waals surface area (Å²) in [7, 11) is 0. The quantitative estimate of drug-likeness (QED) is 0.255. The summed E-state index contributed by atoms with van der Waals surface area (Å²) < 4.78 is 0. The summed E-state index contributed by atoms with van der Waals surface area (Å²) in [5.74, 6) is 0.827. The molecule has 0 aliphatic heterocycles. The third-order valence-electron chi connectivity index (χ3n) is 7.51. The van der Waals surface area contributed by atoms with Crippen molar-refractivity contribution in [2.24, 2.45) is 11.8 Å². The Morgan fingerprint density at radius 3 is 1.94 bits per heavy atom. The first-order chi connectivity index (χ1) is 16.3. The van der Waals surface area contributed by atoms with Gasteiger partial charge in [-0.15, -0.1) is 0 Å². The summed E-state index contributed by atoms with van der Waals surface area (Å²) in [5.41, 5.74) is 12.4. The molecule has 0 amide bonds. The lowest BCUT2D eigenvalue weighted by Gasteiger charge is -2.25. The zero-order chi connectivity index (χ0) is 21.9. The lowest BCUT2D eigenvalue weighted by molar-refractivity contribution is 0.592. The topological polar surface area (TPSA) is 0 Å². The van der Waals surface area contributed by atoms with Crippen LogP contribution in [0.25, 0.3) is 39.1 Å². The first kappa shape index (κ1) is 18.7. The van der Waals surface area contributed by atoms with Gasteiger partial charge in [0, 0.05) is 5.92 Å². The van der Waals surface area contributed by atoms with Crippen LogP contribution in [0.15, 0.2) is 115 Å². The largest absolute Gasteiger partial charge is 0.0808 e. The lowest BCUT2D eigenvalue weighted by atomic mass is 9.78. The van der Waals surface area contributed by atoms with E-state index in [0.29, 0.717) is 11.8 Å². The normalized spacial score (nSPS) is 20.1. The van der Waals surface area contributed by atoms with Crippen molar-refractivity contribution in [3.05, 3.63) is 137 Å². The Kier molecular flexibility index (Phi) is 3.98. The molecule has 0 aromatic heterocycles. The van der Waals surface area contributed by atoms with Crippen LogP contribution in [0.3, 0.4) is 0 Å². The molecule has 0 fully saturated rings. The van der Waals surface area contributed by atoms with Crippen molar-refractivity contribution < 1.29 is 0 Å². The van der Waals surface area contributed by atoms with Crippen LogP contribution in [-0.2, 0) is 0 Å². The molecule has 0 radical (unpaired) electrons. The SMILES string of the molecule is CC1C=CC=CC1C1=Cc2ccc3ccccc3c2C1=C1c2ccccc2-c2ccccc21. The predicted molar refractivity (Wildman–Crippen MR) is 141 cm³/mol. The van der Waals surface area contributed by atoms with Crippen molar-refractivity contribution in [2.45, 2.75) is 6.92 Å². The number of benzene rings is 4. The summed E-state index contributed by atoms with van der Waals surface area (Å²) in [5, 5.41) is 2.64. The van der Waals surface area contributed by atoms with Gasteiger partial charge in [-0.1, -0.05) is 116 Å². The standard InChI is InChI=1S/C33H24/c1-21-10-2-4-12-24(21)30-20-23-19-18-22-11-3-5-13-25(22)31(23)33(30)32-28-16-8-6-14-26(28)27-15-7-9-17-29(27)32/h2-21,24H,1H3. The molecular formula is C33H24. The molecule has 0 saturated heterocycles. The van der Waals surface area contributed by atoms with Crippen molar-refractivity contribution in [1.82, 2.24) is 0 Å². The van der Waals surface area contributed by atoms with E-state index in [4.69, 9.17) is 0 Å². The summed E-state index contributed by atoms with van der Waals surface area (Å²) in [6.07, 6.45) is 11.6. The molecule has 0 saturated carbocycles. The molecule has 7 rings (SSSR count). The van der Waals surface area contributed by atoms with E-state index in [-0.39, 0.29) is 0 Å². The van der Waals surface area contributed by atoms with Crippen LogP contribution in [0, 0.1) is 11.8 Å². The molecule has 0 heterocycles. The Balaban J connectivity index is 1.62. The first-order valence-corrected chi connectivity index (χ1v) is 11.8. The van der Waals surface area contributed by atoms with Gasteiger partial charge in [0.1, 0.15) is 0 Å². The van der Waals surface area contributed by atoms with Crippen molar-refractivity contribution >= 4 is 28.0 Å². The van der Waals surface area contributed by atoms with Gasteiger partial charge in [0.2, 0.25) is 0 Å². The van der Waals surface area contributed by atoms with Crippen LogP contribution in [0.4, 0.5) is 0 Å². The fourth-order valence-electron chi connectivity index (χ4n) is 6.00. The summed E-state index contributed by atoms with van der Waals surface area (Å²) in [6.45, 7) is 2.34. The molecule has 2 unspecified atom stereocenters. The van der Waals surface area contributed by atoms with Crippen molar-refractivity contribution in [3.8, 4) is 11.1 Å². The summed E-state index contributed by atoms with van der Waals surface area (Å²) in [6, 6.07) is 31.3. The highest BCUT2D eigenvalue weighted by Gasteiger charge is 2.34. The van der Waals surface area contributed by atoms with Crippen molar-refractivity contribution in [3.63, 3.8) is 0 Å². The maximum atomic E-state index is 2.46. The van der Waals surface area contributed by atoms with E-state index in [1.807, 2.05) is 0 Å². The van der Waals surface area contributed by atoms with Gasteiger partial charge in [0.05, 0.1) is 0 Å². The van der Waals surface area contributed by atoms with Gasteiger partial charge in [0.15, 0.2) is 0 Å². The second-order valence-electron chi connectivity index (χ2n) is 9.35. The molecular weight excluding hydrogens is 396 g/mol. The molecule has 3 aliphatic rings. The zero-order valence-electron chi connectivity index (χ0n) is 18.6. The van der Waals surface area contributed by atoms with Gasteiger partial charge in [-0.2, -0.15) is 0 Å². The molecule has 33 heavy (non-hydrogen) atoms. The predicted octanol–water partition coefficient (Wildman–Crippen LogP) is 8.55. The van der Waals surface area contributed by atoms with Gasteiger partial charge in [-0.05, 0) is 72.9 Å². The van der Waals surface area contributed by atoms with E-state index in [1.54, 1.807) is 0 Å². The van der Waals surface area contributed by atoms with Crippen LogP contribution in [-0.4, -0.2) is 0 Å². The summed E-state index contributed by atoms with van der Waals surface area (Å²) in [4.78, 5) is 0. The van der Waals surface area contributed by atoms with Crippen molar-refractivity contribution in [1.29, 1.82) is 0 Å². The summed E-state index contributed by atoms with van der Waals surface area (Å²) >= 11 is 0. The van der Waals surface area contributed by atoms with Crippen LogP contribution < -0.4 is 0 Å². The second-order valence-corrected chi connectivity index (χ2v) is 9.35. The molecule has 0 nitrogen and oxygen atoms in total. The minimum Gasteiger partial charge on any atom is -0.0808 e. The Labute approximate surface area is 194 Å². The molecule has 0 heteroatoms. The van der Waals surface area contributed by atoms with E-state index in [2.05, 4.69) is 122 Å². The highest BCUT2D eigenvalue weighted by Crippen LogP contribution is 2.54. The molecule has 0 bridgehead atoms. The minimum atomic E-state index is 0.364. The van der Waals surface area contributed by atoms with Gasteiger partial charge in [0.25, 0.3) is 0 Å². The number of hydrogen-bond acceptors (Lipinski definition) is 0. The smallest absolute Gasteiger partial charge is 0.00879 e.